The first-order chi connectivity index (χ1) is 9.54. The minimum absolute atomic E-state index is 0.0295. The second-order valence-electron chi connectivity index (χ2n) is 6.02. The molecule has 0 aromatic carbocycles. The van der Waals surface area contributed by atoms with Crippen molar-refractivity contribution in [3.8, 4) is 0 Å². The monoisotopic (exact) mass is 296 g/mol. The van der Waals surface area contributed by atoms with Crippen LogP contribution in [0.2, 0.25) is 5.02 Å². The van der Waals surface area contributed by atoms with Gasteiger partial charge in [0.2, 0.25) is 5.91 Å². The summed E-state index contributed by atoms with van der Waals surface area (Å²) in [6.07, 6.45) is 6.25. The molecule has 3 rings (SSSR count). The summed E-state index contributed by atoms with van der Waals surface area (Å²) < 4.78 is 1.65. The Hall–Kier alpha value is -1.07. The van der Waals surface area contributed by atoms with E-state index in [1.165, 1.54) is 12.8 Å². The van der Waals surface area contributed by atoms with Crippen LogP contribution < -0.4 is 5.32 Å². The molecule has 3 heterocycles. The molecule has 2 fully saturated rings. The molecule has 1 aromatic rings. The van der Waals surface area contributed by atoms with Crippen LogP contribution in [0, 0.1) is 6.92 Å². The molecule has 1 amide bonds. The number of carbonyl (C=O) groups is 1. The van der Waals surface area contributed by atoms with E-state index < -0.39 is 0 Å². The topological polar surface area (TPSA) is 50.2 Å². The van der Waals surface area contributed by atoms with Crippen molar-refractivity contribution in [3.05, 3.63) is 16.9 Å². The molecule has 110 valence electrons. The van der Waals surface area contributed by atoms with Crippen molar-refractivity contribution in [3.63, 3.8) is 0 Å². The van der Waals surface area contributed by atoms with Gasteiger partial charge >= 0.3 is 0 Å². The molecular formula is C14H21ClN4O. The van der Waals surface area contributed by atoms with Crippen molar-refractivity contribution >= 4 is 17.5 Å². The molecule has 2 aliphatic heterocycles. The van der Waals surface area contributed by atoms with Crippen molar-refractivity contribution < 1.29 is 4.79 Å². The van der Waals surface area contributed by atoms with E-state index in [-0.39, 0.29) is 12.5 Å². The van der Waals surface area contributed by atoms with Crippen LogP contribution in [0.4, 0.5) is 0 Å². The van der Waals surface area contributed by atoms with Crippen molar-refractivity contribution in [1.82, 2.24) is 20.0 Å². The quantitative estimate of drug-likeness (QED) is 0.921. The van der Waals surface area contributed by atoms with Crippen molar-refractivity contribution in [2.75, 3.05) is 7.05 Å². The van der Waals surface area contributed by atoms with Crippen LogP contribution in [0.3, 0.4) is 0 Å². The molecule has 2 atom stereocenters. The summed E-state index contributed by atoms with van der Waals surface area (Å²) in [6.45, 7) is 2.12. The van der Waals surface area contributed by atoms with E-state index >= 15 is 0 Å². The lowest BCUT2D eigenvalue weighted by Crippen LogP contribution is -2.49. The van der Waals surface area contributed by atoms with Gasteiger partial charge in [0.15, 0.2) is 0 Å². The van der Waals surface area contributed by atoms with Gasteiger partial charge in [0.05, 0.1) is 16.9 Å². The highest BCUT2D eigenvalue weighted by Gasteiger charge is 2.38. The zero-order chi connectivity index (χ0) is 14.3. The maximum absolute atomic E-state index is 12.1. The second-order valence-corrected chi connectivity index (χ2v) is 6.43. The summed E-state index contributed by atoms with van der Waals surface area (Å²) in [4.78, 5) is 14.6. The van der Waals surface area contributed by atoms with Crippen molar-refractivity contribution in [2.24, 2.45) is 0 Å². The van der Waals surface area contributed by atoms with E-state index in [1.807, 2.05) is 6.92 Å². The van der Waals surface area contributed by atoms with E-state index in [0.29, 0.717) is 23.1 Å². The number of hydrogen-bond acceptors (Lipinski definition) is 3. The Kier molecular flexibility index (Phi) is 3.73. The summed E-state index contributed by atoms with van der Waals surface area (Å²) in [5, 5.41) is 7.88. The molecule has 2 saturated heterocycles. The van der Waals surface area contributed by atoms with Gasteiger partial charge in [0.25, 0.3) is 0 Å². The van der Waals surface area contributed by atoms with Gasteiger partial charge in [-0.2, -0.15) is 5.10 Å². The van der Waals surface area contributed by atoms with Crippen LogP contribution in [0.25, 0.3) is 0 Å². The number of nitrogens with one attached hydrogen (secondary N) is 1. The Morgan fingerprint density at radius 2 is 2.10 bits per heavy atom. The largest absolute Gasteiger partial charge is 0.352 e. The maximum Gasteiger partial charge on any atom is 0.241 e. The SMILES string of the molecule is Cc1c(Cl)cnn1CC(=O)NC1CC2CCC(C1)N2C. The maximum atomic E-state index is 12.1. The van der Waals surface area contributed by atoms with E-state index in [2.05, 4.69) is 22.4 Å². The third-order valence-corrected chi connectivity index (χ3v) is 5.17. The number of piperidine rings is 1. The fraction of sp³-hybridized carbons (Fsp3) is 0.714. The number of aromatic nitrogens is 2. The number of hydrogen-bond donors (Lipinski definition) is 1. The normalized spacial score (nSPS) is 29.6. The molecule has 2 bridgehead atoms. The lowest BCUT2D eigenvalue weighted by molar-refractivity contribution is -0.123. The molecule has 0 saturated carbocycles. The van der Waals surface area contributed by atoms with E-state index in [9.17, 15) is 4.79 Å². The Labute approximate surface area is 124 Å². The highest BCUT2D eigenvalue weighted by molar-refractivity contribution is 6.31. The minimum atomic E-state index is 0.0295. The third-order valence-electron chi connectivity index (χ3n) is 4.80. The predicted molar refractivity (Wildman–Crippen MR) is 77.7 cm³/mol. The van der Waals surface area contributed by atoms with E-state index in [4.69, 9.17) is 11.6 Å². The van der Waals surface area contributed by atoms with Gasteiger partial charge in [-0.15, -0.1) is 0 Å². The van der Waals surface area contributed by atoms with Crippen molar-refractivity contribution in [1.29, 1.82) is 0 Å². The van der Waals surface area contributed by atoms with Crippen LogP contribution in [-0.2, 0) is 11.3 Å². The van der Waals surface area contributed by atoms with Gasteiger partial charge in [0.1, 0.15) is 6.54 Å². The summed E-state index contributed by atoms with van der Waals surface area (Å²) in [5.74, 6) is 0.0295. The van der Waals surface area contributed by atoms with Crippen LogP contribution in [-0.4, -0.2) is 45.8 Å². The van der Waals surface area contributed by atoms with Gasteiger partial charge in [-0.1, -0.05) is 11.6 Å². The first-order valence-corrected chi connectivity index (χ1v) is 7.61. The Morgan fingerprint density at radius 3 is 2.65 bits per heavy atom. The summed E-state index contributed by atoms with van der Waals surface area (Å²) >= 11 is 5.95. The number of amides is 1. The lowest BCUT2D eigenvalue weighted by atomic mass is 9.98. The molecule has 2 aliphatic rings. The first kappa shape index (κ1) is 13.9. The second kappa shape index (κ2) is 5.37. The zero-order valence-electron chi connectivity index (χ0n) is 12.0. The van der Waals surface area contributed by atoms with Crippen LogP contribution in [0.15, 0.2) is 6.20 Å². The molecule has 0 radical (unpaired) electrons. The fourth-order valence-corrected chi connectivity index (χ4v) is 3.66. The highest BCUT2D eigenvalue weighted by Crippen LogP contribution is 2.34. The number of nitrogens with zero attached hydrogens (tertiary/aromatic N) is 3. The standard InChI is InChI=1S/C14H21ClN4O/c1-9-13(15)7-16-19(9)8-14(20)17-10-5-11-3-4-12(6-10)18(11)2/h7,10-12H,3-6,8H2,1-2H3,(H,17,20). The molecular weight excluding hydrogens is 276 g/mol. The predicted octanol–water partition coefficient (Wildman–Crippen LogP) is 1.59. The van der Waals surface area contributed by atoms with Crippen molar-refractivity contribution in [2.45, 2.75) is 57.3 Å². The van der Waals surface area contributed by atoms with E-state index in [1.54, 1.807) is 10.9 Å². The van der Waals surface area contributed by atoms with Gasteiger partial charge < -0.3 is 10.2 Å². The van der Waals surface area contributed by atoms with Gasteiger partial charge in [-0.25, -0.2) is 0 Å². The molecule has 5 nitrogen and oxygen atoms in total. The molecule has 1 N–H and O–H groups in total. The average molecular weight is 297 g/mol. The lowest BCUT2D eigenvalue weighted by Gasteiger charge is -2.36. The van der Waals surface area contributed by atoms with Crippen LogP contribution >= 0.6 is 11.6 Å². The summed E-state index contributed by atoms with van der Waals surface area (Å²) in [7, 11) is 2.20. The summed E-state index contributed by atoms with van der Waals surface area (Å²) in [5.41, 5.74) is 0.838. The highest BCUT2D eigenvalue weighted by atomic mass is 35.5. The van der Waals surface area contributed by atoms with Crippen LogP contribution in [0.5, 0.6) is 0 Å². The number of rotatable bonds is 3. The number of halogens is 1. The minimum Gasteiger partial charge on any atom is -0.352 e. The Morgan fingerprint density at radius 1 is 1.45 bits per heavy atom. The molecule has 0 spiro atoms. The molecule has 6 heteroatoms. The first-order valence-electron chi connectivity index (χ1n) is 7.24. The smallest absolute Gasteiger partial charge is 0.241 e. The number of fused-ring (bicyclic) bond motifs is 2. The molecule has 0 aliphatic carbocycles. The molecule has 20 heavy (non-hydrogen) atoms. The Balaban J connectivity index is 1.56. The fourth-order valence-electron chi connectivity index (χ4n) is 3.52. The third kappa shape index (κ3) is 2.56. The zero-order valence-corrected chi connectivity index (χ0v) is 12.7. The van der Waals surface area contributed by atoms with E-state index in [0.717, 1.165) is 18.5 Å². The van der Waals surface area contributed by atoms with Gasteiger partial charge in [-0.05, 0) is 39.7 Å². The van der Waals surface area contributed by atoms with Gasteiger partial charge in [-0.3, -0.25) is 9.48 Å². The van der Waals surface area contributed by atoms with Crippen LogP contribution in [0.1, 0.15) is 31.4 Å². The Bertz CT molecular complexity index is 501. The summed E-state index contributed by atoms with van der Waals surface area (Å²) in [6, 6.07) is 1.59. The molecule has 1 aromatic heterocycles. The molecule has 2 unspecified atom stereocenters. The number of carbonyl (C=O) groups excluding carboxylic acids is 1. The average Bonchev–Trinajstić information content (AvgIpc) is 2.81. The van der Waals surface area contributed by atoms with Gasteiger partial charge in [0, 0.05) is 18.1 Å².